The highest BCUT2D eigenvalue weighted by Gasteiger charge is 2.58. The molecule has 1 aromatic rings. The second-order valence-corrected chi connectivity index (χ2v) is 10.4. The van der Waals surface area contributed by atoms with Crippen LogP contribution in [-0.4, -0.2) is 60.5 Å². The van der Waals surface area contributed by atoms with E-state index >= 15 is 0 Å². The largest absolute Gasteiger partial charge is 0.417 e. The summed E-state index contributed by atoms with van der Waals surface area (Å²) in [6.45, 7) is 2.78. The molecule has 3 unspecified atom stereocenters. The van der Waals surface area contributed by atoms with E-state index in [-0.39, 0.29) is 23.3 Å². The van der Waals surface area contributed by atoms with Crippen LogP contribution in [0, 0.1) is 23.2 Å². The molecule has 1 aromatic heterocycles. The lowest BCUT2D eigenvalue weighted by Crippen LogP contribution is -2.62. The lowest BCUT2D eigenvalue weighted by Gasteiger charge is -2.58. The number of nitrogens with one attached hydrogen (secondary N) is 1. The number of piperazine rings is 1. The fraction of sp³-hybridized carbons (Fsp3) is 0.696. The number of aromatic nitrogens is 1. The topological polar surface area (TPSA) is 91.6 Å². The number of amides is 2. The maximum atomic E-state index is 12.8. The van der Waals surface area contributed by atoms with Crippen molar-refractivity contribution in [1.29, 1.82) is 0 Å². The Morgan fingerprint density at radius 3 is 2.30 bits per heavy atom. The average Bonchev–Trinajstić information content (AvgIpc) is 2.76. The molecule has 10 heteroatoms. The number of nitrogens with zero attached hydrogens (tertiary/aromatic N) is 3. The van der Waals surface area contributed by atoms with Crippen molar-refractivity contribution in [3.05, 3.63) is 23.9 Å². The van der Waals surface area contributed by atoms with Gasteiger partial charge in [-0.05, 0) is 62.0 Å². The van der Waals surface area contributed by atoms with Gasteiger partial charge in [0.05, 0.1) is 12.1 Å². The summed E-state index contributed by atoms with van der Waals surface area (Å²) in [6, 6.07) is 2.57. The number of carbonyl (C=O) groups excluding carboxylic acids is 2. The van der Waals surface area contributed by atoms with Crippen LogP contribution in [0.5, 0.6) is 0 Å². The summed E-state index contributed by atoms with van der Waals surface area (Å²) in [7, 11) is 0. The molecule has 6 rings (SSSR count). The number of halogens is 3. The molecule has 4 aliphatic carbocycles. The second kappa shape index (κ2) is 8.14. The average molecular weight is 466 g/mol. The van der Waals surface area contributed by atoms with Gasteiger partial charge in [-0.3, -0.25) is 14.5 Å². The number of rotatable bonds is 5. The van der Waals surface area contributed by atoms with Crippen molar-refractivity contribution in [2.24, 2.45) is 28.9 Å². The third-order valence-electron chi connectivity index (χ3n) is 8.26. The normalized spacial score (nSPS) is 33.8. The first-order valence-electron chi connectivity index (χ1n) is 11.7. The minimum atomic E-state index is -4.39. The van der Waals surface area contributed by atoms with Gasteiger partial charge in [-0.1, -0.05) is 0 Å². The molecule has 1 aliphatic heterocycles. The molecular formula is C23H30F3N5O2. The smallest absolute Gasteiger partial charge is 0.369 e. The number of anilines is 1. The van der Waals surface area contributed by atoms with E-state index in [1.807, 2.05) is 4.90 Å². The third-order valence-corrected chi connectivity index (χ3v) is 8.26. The Morgan fingerprint density at radius 1 is 1.09 bits per heavy atom. The van der Waals surface area contributed by atoms with Crippen LogP contribution in [0.1, 0.15) is 37.7 Å². The van der Waals surface area contributed by atoms with Crippen LogP contribution in [0.4, 0.5) is 19.0 Å². The Bertz CT molecular complexity index is 898. The van der Waals surface area contributed by atoms with Gasteiger partial charge in [0.2, 0.25) is 11.8 Å². The summed E-state index contributed by atoms with van der Waals surface area (Å²) >= 11 is 0. The Labute approximate surface area is 190 Å². The highest BCUT2D eigenvalue weighted by molar-refractivity contribution is 5.82. The first-order valence-corrected chi connectivity index (χ1v) is 11.7. The molecule has 180 valence electrons. The van der Waals surface area contributed by atoms with Crippen LogP contribution in [0.25, 0.3) is 0 Å². The molecule has 5 fully saturated rings. The van der Waals surface area contributed by atoms with Crippen molar-refractivity contribution in [3.63, 3.8) is 0 Å². The van der Waals surface area contributed by atoms with Crippen LogP contribution in [0.15, 0.2) is 18.3 Å². The zero-order valence-corrected chi connectivity index (χ0v) is 18.5. The van der Waals surface area contributed by atoms with Gasteiger partial charge in [-0.15, -0.1) is 0 Å². The minimum Gasteiger partial charge on any atom is -0.369 e. The number of hydrogen-bond acceptors (Lipinski definition) is 5. The van der Waals surface area contributed by atoms with E-state index in [2.05, 4.69) is 15.2 Å². The summed E-state index contributed by atoms with van der Waals surface area (Å²) in [4.78, 5) is 32.9. The molecule has 5 aliphatic rings. The van der Waals surface area contributed by atoms with Gasteiger partial charge in [0.1, 0.15) is 5.82 Å². The zero-order valence-electron chi connectivity index (χ0n) is 18.5. The molecule has 7 nitrogen and oxygen atoms in total. The van der Waals surface area contributed by atoms with Crippen molar-refractivity contribution >= 4 is 17.6 Å². The fourth-order valence-corrected chi connectivity index (χ4v) is 6.87. The van der Waals surface area contributed by atoms with Gasteiger partial charge in [-0.2, -0.15) is 13.2 Å². The van der Waals surface area contributed by atoms with Crippen molar-refractivity contribution in [2.75, 3.05) is 37.6 Å². The standard InChI is InChI=1S/C23H30F3N5O2/c24-23(25,26)17-1-2-18(28-12-17)31-5-3-30(4-6-31)13-19(32)29-20-15-7-14-8-16(20)11-22(9-14,10-15)21(27)33/h1-2,12,14-16,20H,3-11,13H2,(H2,27,33)(H,29,32)/t14?,15-,16+,20?,22?. The third kappa shape index (κ3) is 4.29. The summed E-state index contributed by atoms with van der Waals surface area (Å²) in [6.07, 6.45) is 1.09. The SMILES string of the molecule is NC(=O)C12CC3C[C@H](C1)C(NC(=O)CN1CCN(c4ccc(C(F)(F)F)cn4)CC1)[C@@H](C3)C2. The lowest BCUT2D eigenvalue weighted by molar-refractivity contribution is -0.147. The monoisotopic (exact) mass is 465 g/mol. The van der Waals surface area contributed by atoms with Gasteiger partial charge < -0.3 is 16.0 Å². The van der Waals surface area contributed by atoms with Crippen molar-refractivity contribution < 1.29 is 22.8 Å². The van der Waals surface area contributed by atoms with Gasteiger partial charge in [0.25, 0.3) is 0 Å². The molecule has 0 spiro atoms. The molecule has 33 heavy (non-hydrogen) atoms. The molecule has 5 atom stereocenters. The van der Waals surface area contributed by atoms with Gasteiger partial charge in [0.15, 0.2) is 0 Å². The Balaban J connectivity index is 1.12. The predicted molar refractivity (Wildman–Crippen MR) is 115 cm³/mol. The number of pyridine rings is 1. The summed E-state index contributed by atoms with van der Waals surface area (Å²) in [5.41, 5.74) is 4.63. The van der Waals surface area contributed by atoms with Crippen LogP contribution in [-0.2, 0) is 15.8 Å². The number of hydrogen-bond donors (Lipinski definition) is 2. The second-order valence-electron chi connectivity index (χ2n) is 10.4. The number of primary amides is 1. The van der Waals surface area contributed by atoms with E-state index in [9.17, 15) is 22.8 Å². The summed E-state index contributed by atoms with van der Waals surface area (Å²) in [5, 5.41) is 3.26. The fourth-order valence-electron chi connectivity index (χ4n) is 6.87. The highest BCUT2D eigenvalue weighted by atomic mass is 19.4. The van der Waals surface area contributed by atoms with E-state index in [1.54, 1.807) is 0 Å². The van der Waals surface area contributed by atoms with E-state index in [1.165, 1.54) is 6.07 Å². The lowest BCUT2D eigenvalue weighted by atomic mass is 9.47. The Morgan fingerprint density at radius 2 is 1.76 bits per heavy atom. The molecule has 2 heterocycles. The number of nitrogens with two attached hydrogens (primary N) is 1. The van der Waals surface area contributed by atoms with E-state index < -0.39 is 11.7 Å². The Kier molecular flexibility index (Phi) is 5.54. The minimum absolute atomic E-state index is 0.00158. The van der Waals surface area contributed by atoms with Gasteiger partial charge in [0, 0.05) is 43.8 Å². The molecule has 0 aromatic carbocycles. The van der Waals surface area contributed by atoms with Crippen LogP contribution < -0.4 is 16.0 Å². The van der Waals surface area contributed by atoms with Crippen molar-refractivity contribution in [2.45, 2.75) is 44.3 Å². The maximum absolute atomic E-state index is 12.8. The van der Waals surface area contributed by atoms with Crippen molar-refractivity contribution in [1.82, 2.24) is 15.2 Å². The highest BCUT2D eigenvalue weighted by Crippen LogP contribution is 2.59. The van der Waals surface area contributed by atoms with Gasteiger partial charge >= 0.3 is 6.18 Å². The molecule has 2 amide bonds. The van der Waals surface area contributed by atoms with E-state index in [0.29, 0.717) is 56.3 Å². The van der Waals surface area contributed by atoms with E-state index in [0.717, 1.165) is 44.4 Å². The summed E-state index contributed by atoms with van der Waals surface area (Å²) in [5.74, 6) is 1.55. The quantitative estimate of drug-likeness (QED) is 0.694. The predicted octanol–water partition coefficient (Wildman–Crippen LogP) is 2.02. The van der Waals surface area contributed by atoms with Crippen LogP contribution in [0.3, 0.4) is 0 Å². The number of carbonyl (C=O) groups is 2. The summed E-state index contributed by atoms with van der Waals surface area (Å²) < 4.78 is 38.2. The first-order chi connectivity index (χ1) is 15.6. The maximum Gasteiger partial charge on any atom is 0.417 e. The van der Waals surface area contributed by atoms with Crippen LogP contribution >= 0.6 is 0 Å². The molecule has 4 bridgehead atoms. The first kappa shape index (κ1) is 22.4. The molecule has 4 saturated carbocycles. The molecule has 0 radical (unpaired) electrons. The van der Waals surface area contributed by atoms with Crippen LogP contribution in [0.2, 0.25) is 0 Å². The molecule has 3 N–H and O–H groups in total. The van der Waals surface area contributed by atoms with Crippen molar-refractivity contribution in [3.8, 4) is 0 Å². The Hall–Kier alpha value is -2.36. The molecule has 1 saturated heterocycles. The van der Waals surface area contributed by atoms with Gasteiger partial charge in [-0.25, -0.2) is 4.98 Å². The zero-order chi connectivity index (χ0) is 23.4. The molecular weight excluding hydrogens is 435 g/mol. The number of alkyl halides is 3. The van der Waals surface area contributed by atoms with E-state index in [4.69, 9.17) is 5.73 Å².